The second kappa shape index (κ2) is 7.89. The molecule has 7 nitrogen and oxygen atoms in total. The molecule has 1 aromatic heterocycles. The van der Waals surface area contributed by atoms with Crippen LogP contribution in [-0.4, -0.2) is 51.8 Å². The Morgan fingerprint density at radius 3 is 2.84 bits per heavy atom. The van der Waals surface area contributed by atoms with E-state index in [1.807, 2.05) is 34.6 Å². The smallest absolute Gasteiger partial charge is 0.410 e. The average Bonchev–Trinajstić information content (AvgIpc) is 2.99. The molecule has 1 aliphatic rings. The van der Waals surface area contributed by atoms with Crippen LogP contribution in [0.2, 0.25) is 0 Å². The van der Waals surface area contributed by atoms with E-state index in [0.717, 1.165) is 30.5 Å². The first kappa shape index (κ1) is 19.3. The van der Waals surface area contributed by atoms with Gasteiger partial charge in [0, 0.05) is 30.4 Å². The lowest BCUT2D eigenvalue weighted by Gasteiger charge is -2.31. The van der Waals surface area contributed by atoms with Crippen molar-refractivity contribution in [3.63, 3.8) is 0 Å². The number of nitrogens with one attached hydrogen (secondary N) is 2. The molecule has 1 heterocycles. The zero-order valence-corrected chi connectivity index (χ0v) is 15.9. The third-order valence-electron chi connectivity index (χ3n) is 4.44. The van der Waals surface area contributed by atoms with Crippen LogP contribution in [0.25, 0.3) is 0 Å². The summed E-state index contributed by atoms with van der Waals surface area (Å²) in [7, 11) is 0. The molecule has 1 aromatic rings. The molecule has 0 aromatic carbocycles. The molecule has 1 aliphatic carbocycles. The van der Waals surface area contributed by atoms with Gasteiger partial charge in [-0.25, -0.2) is 4.79 Å². The van der Waals surface area contributed by atoms with Crippen LogP contribution in [0.3, 0.4) is 0 Å². The van der Waals surface area contributed by atoms with Crippen LogP contribution in [0, 0.1) is 0 Å². The Bertz CT molecular complexity index is 606. The molecule has 0 saturated heterocycles. The topological polar surface area (TPSA) is 87.3 Å². The van der Waals surface area contributed by atoms with E-state index in [0.29, 0.717) is 13.1 Å². The van der Waals surface area contributed by atoms with Gasteiger partial charge in [0.1, 0.15) is 5.60 Å². The molecular weight excluding hydrogens is 320 g/mol. The molecule has 2 rings (SSSR count). The Hall–Kier alpha value is -2.05. The third-order valence-corrected chi connectivity index (χ3v) is 4.44. The summed E-state index contributed by atoms with van der Waals surface area (Å²) >= 11 is 0. The van der Waals surface area contributed by atoms with Crippen LogP contribution in [-0.2, 0) is 16.0 Å². The van der Waals surface area contributed by atoms with Gasteiger partial charge in [0.05, 0.1) is 12.1 Å². The number of hydrogen-bond donors (Lipinski definition) is 2. The Kier molecular flexibility index (Phi) is 6.08. The quantitative estimate of drug-likeness (QED) is 0.854. The van der Waals surface area contributed by atoms with E-state index in [4.69, 9.17) is 4.74 Å². The number of aromatic nitrogens is 2. The Morgan fingerprint density at radius 2 is 2.20 bits per heavy atom. The van der Waals surface area contributed by atoms with E-state index in [1.165, 1.54) is 0 Å². The van der Waals surface area contributed by atoms with Crippen molar-refractivity contribution in [2.24, 2.45) is 0 Å². The molecule has 25 heavy (non-hydrogen) atoms. The van der Waals surface area contributed by atoms with Crippen molar-refractivity contribution in [3.8, 4) is 0 Å². The monoisotopic (exact) mass is 350 g/mol. The second-order valence-corrected chi connectivity index (χ2v) is 7.61. The van der Waals surface area contributed by atoms with Crippen LogP contribution in [0.1, 0.15) is 64.6 Å². The minimum Gasteiger partial charge on any atom is -0.444 e. The molecule has 0 aliphatic heterocycles. The molecule has 2 atom stereocenters. The van der Waals surface area contributed by atoms with Crippen molar-refractivity contribution in [1.82, 2.24) is 20.4 Å². The second-order valence-electron chi connectivity index (χ2n) is 7.61. The number of aryl methyl sites for hydroxylation is 1. The first-order valence-corrected chi connectivity index (χ1v) is 9.02. The van der Waals surface area contributed by atoms with Crippen LogP contribution >= 0.6 is 0 Å². The van der Waals surface area contributed by atoms with Crippen molar-refractivity contribution in [3.05, 3.63) is 17.5 Å². The van der Waals surface area contributed by atoms with Crippen LogP contribution in [0.15, 0.2) is 6.20 Å². The van der Waals surface area contributed by atoms with Gasteiger partial charge in [-0.05, 0) is 53.9 Å². The number of H-pyrrole nitrogens is 1. The number of fused-ring (bicyclic) bond motifs is 1. The molecule has 2 amide bonds. The van der Waals surface area contributed by atoms with Gasteiger partial charge < -0.3 is 15.0 Å². The van der Waals surface area contributed by atoms with Crippen LogP contribution < -0.4 is 5.32 Å². The minimum absolute atomic E-state index is 0.00515. The summed E-state index contributed by atoms with van der Waals surface area (Å²) in [5.74, 6) is -0.166. The maximum Gasteiger partial charge on any atom is 0.410 e. The van der Waals surface area contributed by atoms with E-state index in [1.54, 1.807) is 11.1 Å². The predicted molar refractivity (Wildman–Crippen MR) is 95.4 cm³/mol. The molecule has 0 bridgehead atoms. The van der Waals surface area contributed by atoms with Gasteiger partial charge >= 0.3 is 6.09 Å². The number of carbonyl (C=O) groups excluding carboxylic acids is 2. The number of carbonyl (C=O) groups is 2. The zero-order chi connectivity index (χ0) is 18.6. The van der Waals surface area contributed by atoms with Gasteiger partial charge in [-0.3, -0.25) is 9.89 Å². The molecule has 0 saturated carbocycles. The maximum atomic E-state index is 12.6. The lowest BCUT2D eigenvalue weighted by Crippen LogP contribution is -2.47. The van der Waals surface area contributed by atoms with Crippen molar-refractivity contribution < 1.29 is 14.3 Å². The van der Waals surface area contributed by atoms with Gasteiger partial charge in [-0.15, -0.1) is 0 Å². The highest BCUT2D eigenvalue weighted by molar-refractivity contribution is 5.84. The van der Waals surface area contributed by atoms with E-state index in [2.05, 4.69) is 15.5 Å². The summed E-state index contributed by atoms with van der Waals surface area (Å²) in [6.07, 6.45) is 4.14. The van der Waals surface area contributed by atoms with Crippen molar-refractivity contribution in [1.29, 1.82) is 0 Å². The summed E-state index contributed by atoms with van der Waals surface area (Å²) < 4.78 is 5.43. The lowest BCUT2D eigenvalue weighted by atomic mass is 9.86. The van der Waals surface area contributed by atoms with Crippen molar-refractivity contribution in [2.75, 3.05) is 13.1 Å². The first-order valence-electron chi connectivity index (χ1n) is 9.02. The molecule has 140 valence electrons. The van der Waals surface area contributed by atoms with E-state index in [9.17, 15) is 9.59 Å². The highest BCUT2D eigenvalue weighted by atomic mass is 16.6. The number of amides is 2. The summed E-state index contributed by atoms with van der Waals surface area (Å²) in [6.45, 7) is 10.3. The molecule has 2 N–H and O–H groups in total. The third kappa shape index (κ3) is 4.96. The number of hydrogen-bond acceptors (Lipinski definition) is 4. The van der Waals surface area contributed by atoms with Crippen molar-refractivity contribution >= 4 is 12.0 Å². The van der Waals surface area contributed by atoms with Crippen LogP contribution in [0.4, 0.5) is 4.79 Å². The summed E-state index contributed by atoms with van der Waals surface area (Å²) in [6, 6.07) is -0.142. The van der Waals surface area contributed by atoms with Crippen molar-refractivity contribution in [2.45, 2.75) is 71.4 Å². The normalized spacial score (nSPS) is 18.2. The summed E-state index contributed by atoms with van der Waals surface area (Å²) in [5, 5.41) is 10.0. The predicted octanol–water partition coefficient (Wildman–Crippen LogP) is 2.59. The number of nitrogens with zero attached hydrogens (tertiary/aromatic N) is 2. The SMILES string of the molecule is CCN(C(=O)OC(C)(C)C)[C@H](C)CNC(=O)[C@@H]1CCCc2[nH]ncc21. The fraction of sp³-hybridized carbons (Fsp3) is 0.722. The zero-order valence-electron chi connectivity index (χ0n) is 15.9. The standard InChI is InChI=1S/C18H30N4O3/c1-6-22(17(24)25-18(3,4)5)12(2)10-19-16(23)13-8-7-9-15-14(13)11-20-21-15/h11-13H,6-10H2,1-5H3,(H,19,23)(H,20,21)/t12-,13-/m1/s1. The number of aromatic amines is 1. The number of likely N-dealkylation sites (N-methyl/N-ethyl adjacent to an activating group) is 1. The molecule has 0 fully saturated rings. The van der Waals surface area contributed by atoms with E-state index >= 15 is 0 Å². The van der Waals surface area contributed by atoms with Gasteiger partial charge in [0.15, 0.2) is 0 Å². The fourth-order valence-corrected chi connectivity index (χ4v) is 3.16. The van der Waals surface area contributed by atoms with Gasteiger partial charge in [0.2, 0.25) is 5.91 Å². The Balaban J connectivity index is 1.91. The van der Waals surface area contributed by atoms with Gasteiger partial charge in [0.25, 0.3) is 0 Å². The average molecular weight is 350 g/mol. The van der Waals surface area contributed by atoms with E-state index in [-0.39, 0.29) is 24.0 Å². The molecular formula is C18H30N4O3. The maximum absolute atomic E-state index is 12.6. The number of rotatable bonds is 5. The molecule has 0 spiro atoms. The molecule has 7 heteroatoms. The van der Waals surface area contributed by atoms with Crippen LogP contribution in [0.5, 0.6) is 0 Å². The Labute approximate surface area is 149 Å². The lowest BCUT2D eigenvalue weighted by molar-refractivity contribution is -0.123. The fourth-order valence-electron chi connectivity index (χ4n) is 3.16. The highest BCUT2D eigenvalue weighted by Crippen LogP contribution is 2.30. The first-order chi connectivity index (χ1) is 11.7. The molecule has 0 unspecified atom stereocenters. The summed E-state index contributed by atoms with van der Waals surface area (Å²) in [4.78, 5) is 26.5. The Morgan fingerprint density at radius 1 is 1.48 bits per heavy atom. The highest BCUT2D eigenvalue weighted by Gasteiger charge is 2.29. The van der Waals surface area contributed by atoms with Gasteiger partial charge in [-0.1, -0.05) is 0 Å². The number of ether oxygens (including phenoxy) is 1. The molecule has 0 radical (unpaired) electrons. The summed E-state index contributed by atoms with van der Waals surface area (Å²) in [5.41, 5.74) is 1.52. The van der Waals surface area contributed by atoms with Gasteiger partial charge in [-0.2, -0.15) is 5.10 Å². The van der Waals surface area contributed by atoms with E-state index < -0.39 is 5.60 Å². The largest absolute Gasteiger partial charge is 0.444 e. The minimum atomic E-state index is -0.534.